The van der Waals surface area contributed by atoms with Crippen molar-refractivity contribution in [3.8, 4) is 6.07 Å². The van der Waals surface area contributed by atoms with E-state index in [2.05, 4.69) is 25.9 Å². The van der Waals surface area contributed by atoms with Crippen molar-refractivity contribution in [3.63, 3.8) is 0 Å². The minimum Gasteiger partial charge on any atom is -0.365 e. The van der Waals surface area contributed by atoms with E-state index in [9.17, 15) is 9.59 Å². The standard InChI is InChI=1S/C19H19N6O2/c1-10-14(19(27)25-15-4-5-21-12(3)18(10)15)6-17(26)24-11(2)16-9-22-13(7-20)8-23-16/h4-5,8-9,11,21H,6H2,1-3H3,(H,24,26)(H,25,27)/t11-/m1/s1. The molecule has 2 aliphatic heterocycles. The Morgan fingerprint density at radius 1 is 1.33 bits per heavy atom. The third-order valence-corrected chi connectivity index (χ3v) is 4.49. The van der Waals surface area contributed by atoms with Crippen LogP contribution in [0.25, 0.3) is 0 Å². The summed E-state index contributed by atoms with van der Waals surface area (Å²) in [5, 5.41) is 17.5. The van der Waals surface area contributed by atoms with Gasteiger partial charge in [0.2, 0.25) is 11.8 Å². The number of hydrogen-bond acceptors (Lipinski definition) is 6. The number of carbonyl (C=O) groups excluding carboxylic acids is 2. The molecule has 1 atom stereocenters. The van der Waals surface area contributed by atoms with Gasteiger partial charge in [0, 0.05) is 16.8 Å². The second-order valence-corrected chi connectivity index (χ2v) is 6.35. The predicted molar refractivity (Wildman–Crippen MR) is 97.0 cm³/mol. The number of carbonyl (C=O) groups is 2. The zero-order chi connectivity index (χ0) is 19.6. The van der Waals surface area contributed by atoms with E-state index in [-0.39, 0.29) is 23.9 Å². The monoisotopic (exact) mass is 363 g/mol. The summed E-state index contributed by atoms with van der Waals surface area (Å²) in [5.41, 5.74) is 3.79. The maximum Gasteiger partial charge on any atom is 0.249 e. The van der Waals surface area contributed by atoms with Gasteiger partial charge in [-0.05, 0) is 38.6 Å². The first-order chi connectivity index (χ1) is 12.9. The lowest BCUT2D eigenvalue weighted by Gasteiger charge is -2.30. The van der Waals surface area contributed by atoms with Gasteiger partial charge in [-0.3, -0.25) is 14.6 Å². The molecule has 0 fully saturated rings. The zero-order valence-electron chi connectivity index (χ0n) is 15.3. The molecule has 1 aromatic rings. The number of nitrogens with one attached hydrogen (secondary N) is 3. The molecule has 0 saturated carbocycles. The highest BCUT2D eigenvalue weighted by Gasteiger charge is 2.32. The van der Waals surface area contributed by atoms with E-state index >= 15 is 0 Å². The fourth-order valence-electron chi connectivity index (χ4n) is 3.07. The lowest BCUT2D eigenvalue weighted by atomic mass is 9.87. The van der Waals surface area contributed by atoms with Crippen LogP contribution in [0.2, 0.25) is 0 Å². The number of amides is 2. The van der Waals surface area contributed by atoms with E-state index in [1.165, 1.54) is 12.4 Å². The van der Waals surface area contributed by atoms with Gasteiger partial charge in [-0.25, -0.2) is 4.98 Å². The Labute approximate surface area is 157 Å². The maximum absolute atomic E-state index is 12.5. The van der Waals surface area contributed by atoms with Gasteiger partial charge in [0.05, 0.1) is 30.6 Å². The van der Waals surface area contributed by atoms with Crippen LogP contribution in [0.3, 0.4) is 0 Å². The van der Waals surface area contributed by atoms with Crippen LogP contribution in [0.1, 0.15) is 44.6 Å². The first kappa shape index (κ1) is 18.3. The van der Waals surface area contributed by atoms with Crippen molar-refractivity contribution in [3.05, 3.63) is 64.5 Å². The van der Waals surface area contributed by atoms with Crippen LogP contribution in [-0.4, -0.2) is 21.8 Å². The number of aromatic nitrogens is 2. The van der Waals surface area contributed by atoms with Crippen LogP contribution in [0.4, 0.5) is 0 Å². The number of fused-ring (bicyclic) bond motifs is 1. The smallest absolute Gasteiger partial charge is 0.249 e. The predicted octanol–water partition coefficient (Wildman–Crippen LogP) is 1.28. The summed E-state index contributed by atoms with van der Waals surface area (Å²) in [6.07, 6.45) is 6.33. The molecule has 8 heteroatoms. The number of dihydropyridines is 1. The first-order valence-electron chi connectivity index (χ1n) is 8.45. The van der Waals surface area contributed by atoms with E-state index < -0.39 is 6.04 Å². The Bertz CT molecular complexity index is 921. The van der Waals surface area contributed by atoms with E-state index in [4.69, 9.17) is 5.26 Å². The fraction of sp³-hybridized carbons (Fsp3) is 0.263. The molecule has 8 nitrogen and oxygen atoms in total. The van der Waals surface area contributed by atoms with Crippen molar-refractivity contribution < 1.29 is 9.59 Å². The molecule has 27 heavy (non-hydrogen) atoms. The summed E-state index contributed by atoms with van der Waals surface area (Å²) in [6.45, 7) is 5.53. The number of hydrogen-bond donors (Lipinski definition) is 3. The average Bonchev–Trinajstić information content (AvgIpc) is 2.65. The molecule has 0 bridgehead atoms. The van der Waals surface area contributed by atoms with Crippen LogP contribution in [0.5, 0.6) is 0 Å². The molecule has 0 spiro atoms. The van der Waals surface area contributed by atoms with E-state index in [1.807, 2.05) is 19.9 Å². The molecule has 0 unspecified atom stereocenters. The van der Waals surface area contributed by atoms with E-state index in [0.717, 1.165) is 22.9 Å². The lowest BCUT2D eigenvalue weighted by Crippen LogP contribution is -2.39. The molecule has 0 aliphatic carbocycles. The molecular formula is C19H19N6O2. The first-order valence-corrected chi connectivity index (χ1v) is 8.45. The second kappa shape index (κ2) is 7.41. The highest BCUT2D eigenvalue weighted by Crippen LogP contribution is 2.33. The molecule has 3 rings (SSSR count). The molecule has 1 radical (unpaired) electrons. The molecule has 137 valence electrons. The minimum absolute atomic E-state index is 0.0422. The topological polar surface area (TPSA) is 120 Å². The maximum atomic E-state index is 12.5. The van der Waals surface area contributed by atoms with Crippen LogP contribution in [0, 0.1) is 17.4 Å². The summed E-state index contributed by atoms with van der Waals surface area (Å²) in [6, 6.07) is 2.24. The van der Waals surface area contributed by atoms with Gasteiger partial charge < -0.3 is 16.0 Å². The van der Waals surface area contributed by atoms with Crippen LogP contribution in [0.15, 0.2) is 47.1 Å². The number of allylic oxidation sites excluding steroid dienone is 1. The van der Waals surface area contributed by atoms with Crippen molar-refractivity contribution in [1.29, 1.82) is 5.26 Å². The van der Waals surface area contributed by atoms with Gasteiger partial charge in [0.1, 0.15) is 12.1 Å². The second-order valence-electron chi connectivity index (χ2n) is 6.35. The van der Waals surface area contributed by atoms with Crippen LogP contribution in [-0.2, 0) is 9.59 Å². The van der Waals surface area contributed by atoms with Gasteiger partial charge in [0.25, 0.3) is 0 Å². The van der Waals surface area contributed by atoms with Crippen molar-refractivity contribution in [2.24, 2.45) is 0 Å². The van der Waals surface area contributed by atoms with Gasteiger partial charge in [-0.15, -0.1) is 0 Å². The normalized spacial score (nSPS) is 17.6. The summed E-state index contributed by atoms with van der Waals surface area (Å²) < 4.78 is 0. The number of nitriles is 1. The molecule has 2 amide bonds. The zero-order valence-corrected chi connectivity index (χ0v) is 15.3. The molecule has 3 N–H and O–H groups in total. The third kappa shape index (κ3) is 3.72. The SMILES string of the molecule is CC1=C2[C](C=CN1)NC(=O)C(CC(=O)N[C@H](C)c1cnc(C#N)cn1)=C2C. The fourth-order valence-corrected chi connectivity index (χ4v) is 3.07. The summed E-state index contributed by atoms with van der Waals surface area (Å²) in [4.78, 5) is 33.0. The molecule has 3 heterocycles. The molecular weight excluding hydrogens is 344 g/mol. The summed E-state index contributed by atoms with van der Waals surface area (Å²) >= 11 is 0. The van der Waals surface area contributed by atoms with Gasteiger partial charge in [-0.2, -0.15) is 5.26 Å². The highest BCUT2D eigenvalue weighted by molar-refractivity contribution is 6.03. The van der Waals surface area contributed by atoms with Crippen molar-refractivity contribution in [2.75, 3.05) is 0 Å². The van der Waals surface area contributed by atoms with Crippen molar-refractivity contribution in [1.82, 2.24) is 25.9 Å². The highest BCUT2D eigenvalue weighted by atomic mass is 16.2. The Morgan fingerprint density at radius 2 is 2.11 bits per heavy atom. The molecule has 0 saturated heterocycles. The molecule has 1 aromatic heterocycles. The van der Waals surface area contributed by atoms with Crippen LogP contribution < -0.4 is 16.0 Å². The van der Waals surface area contributed by atoms with Crippen LogP contribution >= 0.6 is 0 Å². The lowest BCUT2D eigenvalue weighted by molar-refractivity contribution is -0.123. The Balaban J connectivity index is 1.73. The van der Waals surface area contributed by atoms with Gasteiger partial charge in [0.15, 0.2) is 5.69 Å². The van der Waals surface area contributed by atoms with Crippen molar-refractivity contribution in [2.45, 2.75) is 33.2 Å². The Kier molecular flexibility index (Phi) is 5.03. The third-order valence-electron chi connectivity index (χ3n) is 4.49. The largest absolute Gasteiger partial charge is 0.365 e. The number of rotatable bonds is 4. The van der Waals surface area contributed by atoms with Crippen molar-refractivity contribution >= 4 is 11.8 Å². The average molecular weight is 363 g/mol. The number of nitrogens with zero attached hydrogens (tertiary/aromatic N) is 3. The minimum atomic E-state index is -0.396. The summed E-state index contributed by atoms with van der Waals surface area (Å²) in [5.74, 6) is -0.564. The van der Waals surface area contributed by atoms with E-state index in [0.29, 0.717) is 11.3 Å². The quantitative estimate of drug-likeness (QED) is 0.741. The van der Waals surface area contributed by atoms with Gasteiger partial charge in [-0.1, -0.05) is 0 Å². The molecule has 2 aliphatic rings. The Morgan fingerprint density at radius 3 is 2.78 bits per heavy atom. The summed E-state index contributed by atoms with van der Waals surface area (Å²) in [7, 11) is 0. The van der Waals surface area contributed by atoms with E-state index in [1.54, 1.807) is 19.2 Å². The Hall–Kier alpha value is -3.47. The van der Waals surface area contributed by atoms with Gasteiger partial charge >= 0.3 is 0 Å². The molecule has 0 aromatic carbocycles.